The molecule has 2 nitrogen and oxygen atoms in total. The summed E-state index contributed by atoms with van der Waals surface area (Å²) < 4.78 is 2.44. The Hall–Kier alpha value is -1.58. The lowest BCUT2D eigenvalue weighted by atomic mass is 10.2. The molecule has 1 N–H and O–H groups in total. The van der Waals surface area contributed by atoms with Crippen LogP contribution in [0.1, 0.15) is 10.6 Å². The molecule has 0 amide bonds. The van der Waals surface area contributed by atoms with Gasteiger partial charge in [0.15, 0.2) is 0 Å². The maximum atomic E-state index is 3.26. The number of aryl methyl sites for hydroxylation is 2. The van der Waals surface area contributed by atoms with Crippen molar-refractivity contribution >= 4 is 22.2 Å². The van der Waals surface area contributed by atoms with Crippen LogP contribution in [0.15, 0.2) is 47.8 Å². The molecule has 19 heavy (non-hydrogen) atoms. The Morgan fingerprint density at radius 3 is 2.84 bits per heavy atom. The zero-order chi connectivity index (χ0) is 13.1. The number of nitrogens with zero attached hydrogens (tertiary/aromatic N) is 1. The molecule has 0 saturated heterocycles. The summed E-state index contributed by atoms with van der Waals surface area (Å²) in [5.41, 5.74) is 2.70. The van der Waals surface area contributed by atoms with E-state index in [1.165, 1.54) is 21.5 Å². The summed E-state index contributed by atoms with van der Waals surface area (Å²) in [7, 11) is 2.00. The van der Waals surface area contributed by atoms with Crippen molar-refractivity contribution in [2.45, 2.75) is 19.5 Å². The van der Waals surface area contributed by atoms with Crippen LogP contribution in [0, 0.1) is 0 Å². The molecule has 1 aromatic carbocycles. The highest BCUT2D eigenvalue weighted by molar-refractivity contribution is 7.09. The number of hydrogen-bond acceptors (Lipinski definition) is 2. The maximum absolute atomic E-state index is 3.26. The highest BCUT2D eigenvalue weighted by atomic mass is 32.1. The molecule has 98 valence electrons. The molecule has 2 heterocycles. The van der Waals surface area contributed by atoms with Crippen molar-refractivity contribution in [1.82, 2.24) is 9.88 Å². The second-order valence-corrected chi connectivity index (χ2v) is 5.74. The average molecular weight is 270 g/mol. The summed E-state index contributed by atoms with van der Waals surface area (Å²) in [6.45, 7) is 1.96. The number of rotatable bonds is 5. The summed E-state index contributed by atoms with van der Waals surface area (Å²) in [5, 5.41) is 6.74. The van der Waals surface area contributed by atoms with Gasteiger partial charge in [-0.25, -0.2) is 0 Å². The van der Waals surface area contributed by atoms with E-state index in [2.05, 4.69) is 57.7 Å². The molecule has 0 saturated carbocycles. The largest absolute Gasteiger partial charge is 0.343 e. The first-order valence-corrected chi connectivity index (χ1v) is 7.50. The summed E-state index contributed by atoms with van der Waals surface area (Å²) in [6, 6.07) is 15.3. The minimum Gasteiger partial charge on any atom is -0.343 e. The van der Waals surface area contributed by atoms with Crippen LogP contribution in [-0.4, -0.2) is 11.6 Å². The number of fused-ring (bicyclic) bond motifs is 1. The zero-order valence-electron chi connectivity index (χ0n) is 11.1. The highest BCUT2D eigenvalue weighted by Crippen LogP contribution is 2.21. The van der Waals surface area contributed by atoms with Crippen LogP contribution in [-0.2, 0) is 19.5 Å². The highest BCUT2D eigenvalue weighted by Gasteiger charge is 2.07. The van der Waals surface area contributed by atoms with Gasteiger partial charge in [0.2, 0.25) is 0 Å². The van der Waals surface area contributed by atoms with Crippen molar-refractivity contribution in [3.05, 3.63) is 58.4 Å². The number of aromatic nitrogens is 1. The van der Waals surface area contributed by atoms with Gasteiger partial charge in [-0.05, 0) is 42.4 Å². The van der Waals surface area contributed by atoms with E-state index in [1.807, 2.05) is 18.4 Å². The Morgan fingerprint density at radius 1 is 1.16 bits per heavy atom. The van der Waals surface area contributed by atoms with E-state index in [9.17, 15) is 0 Å². The standard InChI is InChI=1S/C16H18N2S/c1-17-12-14-11-13-5-2-3-7-16(13)18(14)9-8-15-6-4-10-19-15/h2-7,10-11,17H,8-9,12H2,1H3. The maximum Gasteiger partial charge on any atom is 0.0483 e. The molecule has 0 radical (unpaired) electrons. The number of nitrogens with one attached hydrogen (secondary N) is 1. The molecule has 2 aromatic heterocycles. The van der Waals surface area contributed by atoms with Crippen LogP contribution in [0.25, 0.3) is 10.9 Å². The topological polar surface area (TPSA) is 17.0 Å². The normalized spacial score (nSPS) is 11.2. The van der Waals surface area contributed by atoms with Crippen LogP contribution in [0.5, 0.6) is 0 Å². The van der Waals surface area contributed by atoms with Gasteiger partial charge in [0.05, 0.1) is 0 Å². The second kappa shape index (κ2) is 5.59. The van der Waals surface area contributed by atoms with Gasteiger partial charge in [0, 0.05) is 29.2 Å². The van der Waals surface area contributed by atoms with Crippen LogP contribution in [0.4, 0.5) is 0 Å². The molecule has 0 bridgehead atoms. The summed E-state index contributed by atoms with van der Waals surface area (Å²) >= 11 is 1.84. The molecule has 3 rings (SSSR count). The number of hydrogen-bond donors (Lipinski definition) is 1. The quantitative estimate of drug-likeness (QED) is 0.748. The summed E-state index contributed by atoms with van der Waals surface area (Å²) in [6.07, 6.45) is 1.10. The number of benzene rings is 1. The van der Waals surface area contributed by atoms with E-state index in [1.54, 1.807) is 0 Å². The number of thiophene rings is 1. The van der Waals surface area contributed by atoms with E-state index < -0.39 is 0 Å². The van der Waals surface area contributed by atoms with Gasteiger partial charge in [0.1, 0.15) is 0 Å². The third-order valence-corrected chi connectivity index (χ3v) is 4.35. The average Bonchev–Trinajstić information content (AvgIpc) is 3.04. The fourth-order valence-electron chi connectivity index (χ4n) is 2.54. The lowest BCUT2D eigenvalue weighted by molar-refractivity contribution is 0.659. The van der Waals surface area contributed by atoms with Gasteiger partial charge >= 0.3 is 0 Å². The third-order valence-electron chi connectivity index (χ3n) is 3.42. The molecule has 3 heteroatoms. The van der Waals surface area contributed by atoms with Gasteiger partial charge in [-0.15, -0.1) is 11.3 Å². The fourth-order valence-corrected chi connectivity index (χ4v) is 3.23. The molecule has 0 aliphatic rings. The van der Waals surface area contributed by atoms with Gasteiger partial charge < -0.3 is 9.88 Å². The van der Waals surface area contributed by atoms with Crippen LogP contribution in [0.2, 0.25) is 0 Å². The minimum atomic E-state index is 0.916. The monoisotopic (exact) mass is 270 g/mol. The first-order valence-electron chi connectivity index (χ1n) is 6.62. The van der Waals surface area contributed by atoms with E-state index >= 15 is 0 Å². The molecular formula is C16H18N2S. The van der Waals surface area contributed by atoms with E-state index in [0.717, 1.165) is 19.5 Å². The minimum absolute atomic E-state index is 0.916. The second-order valence-electron chi connectivity index (χ2n) is 4.71. The lowest BCUT2D eigenvalue weighted by Crippen LogP contribution is -2.12. The Kier molecular flexibility index (Phi) is 3.67. The molecule has 0 spiro atoms. The SMILES string of the molecule is CNCc1cc2ccccc2n1CCc1cccs1. The summed E-state index contributed by atoms with van der Waals surface area (Å²) in [5.74, 6) is 0. The van der Waals surface area contributed by atoms with Crippen molar-refractivity contribution in [2.24, 2.45) is 0 Å². The van der Waals surface area contributed by atoms with E-state index in [-0.39, 0.29) is 0 Å². The van der Waals surface area contributed by atoms with Crippen molar-refractivity contribution in [1.29, 1.82) is 0 Å². The Balaban J connectivity index is 1.92. The Bertz CT molecular complexity index is 653. The predicted octanol–water partition coefficient (Wildman–Crippen LogP) is 3.66. The Morgan fingerprint density at radius 2 is 2.05 bits per heavy atom. The molecule has 0 unspecified atom stereocenters. The summed E-state index contributed by atoms with van der Waals surface area (Å²) in [4.78, 5) is 1.45. The van der Waals surface area contributed by atoms with Crippen molar-refractivity contribution < 1.29 is 0 Å². The predicted molar refractivity (Wildman–Crippen MR) is 82.7 cm³/mol. The van der Waals surface area contributed by atoms with Gasteiger partial charge in [-0.2, -0.15) is 0 Å². The van der Waals surface area contributed by atoms with Gasteiger partial charge in [0.25, 0.3) is 0 Å². The first kappa shape index (κ1) is 12.5. The molecule has 3 aromatic rings. The van der Waals surface area contributed by atoms with Crippen LogP contribution < -0.4 is 5.32 Å². The number of para-hydroxylation sites is 1. The Labute approximate surface area is 117 Å². The third kappa shape index (κ3) is 2.57. The van der Waals surface area contributed by atoms with Crippen LogP contribution in [0.3, 0.4) is 0 Å². The molecule has 0 atom stereocenters. The van der Waals surface area contributed by atoms with Gasteiger partial charge in [-0.1, -0.05) is 24.3 Å². The zero-order valence-corrected chi connectivity index (χ0v) is 11.9. The van der Waals surface area contributed by atoms with E-state index in [4.69, 9.17) is 0 Å². The van der Waals surface area contributed by atoms with Crippen molar-refractivity contribution in [3.63, 3.8) is 0 Å². The molecule has 0 fully saturated rings. The van der Waals surface area contributed by atoms with Crippen LogP contribution >= 0.6 is 11.3 Å². The van der Waals surface area contributed by atoms with Gasteiger partial charge in [-0.3, -0.25) is 0 Å². The molecular weight excluding hydrogens is 252 g/mol. The van der Waals surface area contributed by atoms with Crippen molar-refractivity contribution in [3.8, 4) is 0 Å². The smallest absolute Gasteiger partial charge is 0.0483 e. The van der Waals surface area contributed by atoms with Crippen molar-refractivity contribution in [2.75, 3.05) is 7.05 Å². The first-order chi connectivity index (χ1) is 9.38. The fraction of sp³-hybridized carbons (Fsp3) is 0.250. The lowest BCUT2D eigenvalue weighted by Gasteiger charge is -2.10. The molecule has 0 aliphatic carbocycles. The van der Waals surface area contributed by atoms with E-state index in [0.29, 0.717) is 0 Å². The molecule has 0 aliphatic heterocycles.